The summed E-state index contributed by atoms with van der Waals surface area (Å²) in [6.45, 7) is 0. The maximum absolute atomic E-state index is 2.38. The fraction of sp³-hybridized carbons (Fsp3) is 0. The molecule has 1 heteroatoms. The van der Waals surface area contributed by atoms with Crippen molar-refractivity contribution in [3.8, 4) is 11.1 Å². The molecule has 0 atom stereocenters. The van der Waals surface area contributed by atoms with Crippen molar-refractivity contribution >= 4 is 63.8 Å². The Morgan fingerprint density at radius 3 is 1.97 bits per heavy atom. The van der Waals surface area contributed by atoms with Crippen molar-refractivity contribution in [2.45, 2.75) is 0 Å². The van der Waals surface area contributed by atoms with Crippen LogP contribution in [0.25, 0.3) is 63.6 Å². The summed E-state index contributed by atoms with van der Waals surface area (Å²) >= 11 is 1.87. The lowest BCUT2D eigenvalue weighted by Crippen LogP contribution is -1.86. The van der Waals surface area contributed by atoms with E-state index >= 15 is 0 Å². The Hall–Kier alpha value is -3.68. The van der Waals surface area contributed by atoms with E-state index in [0.29, 0.717) is 0 Å². The van der Waals surface area contributed by atoms with Crippen LogP contribution in [0, 0.1) is 0 Å². The SMILES string of the molecule is c1ccc2c(c1)ccc1c(-c3ccc4sc5ccccc5c4c3)cc3ccccc3c12. The number of fused-ring (bicyclic) bond motifs is 8. The molecule has 1 heterocycles. The molecule has 144 valence electrons. The predicted octanol–water partition coefficient (Wildman–Crippen LogP) is 9.18. The van der Waals surface area contributed by atoms with Gasteiger partial charge < -0.3 is 0 Å². The maximum atomic E-state index is 2.38. The highest BCUT2D eigenvalue weighted by atomic mass is 32.1. The third kappa shape index (κ3) is 2.47. The lowest BCUT2D eigenvalue weighted by Gasteiger charge is -2.14. The van der Waals surface area contributed by atoms with E-state index in [1.165, 1.54) is 63.6 Å². The molecular formula is C30H18S. The van der Waals surface area contributed by atoms with Crippen LogP contribution in [0.5, 0.6) is 0 Å². The molecule has 0 saturated heterocycles. The topological polar surface area (TPSA) is 0 Å². The zero-order valence-corrected chi connectivity index (χ0v) is 17.6. The molecule has 0 saturated carbocycles. The Bertz CT molecular complexity index is 1770. The fourth-order valence-corrected chi connectivity index (χ4v) is 6.09. The Balaban J connectivity index is 1.64. The first-order valence-electron chi connectivity index (χ1n) is 10.6. The summed E-state index contributed by atoms with van der Waals surface area (Å²) in [6.07, 6.45) is 0. The van der Waals surface area contributed by atoms with E-state index in [4.69, 9.17) is 0 Å². The Kier molecular flexibility index (Phi) is 3.52. The smallest absolute Gasteiger partial charge is 0.0355 e. The van der Waals surface area contributed by atoms with E-state index in [9.17, 15) is 0 Å². The highest BCUT2D eigenvalue weighted by molar-refractivity contribution is 7.25. The molecule has 0 nitrogen and oxygen atoms in total. The lowest BCUT2D eigenvalue weighted by molar-refractivity contribution is 1.73. The van der Waals surface area contributed by atoms with Crippen LogP contribution in [0.2, 0.25) is 0 Å². The molecule has 0 bridgehead atoms. The van der Waals surface area contributed by atoms with Gasteiger partial charge in [0.25, 0.3) is 0 Å². The molecule has 0 aliphatic rings. The number of hydrogen-bond donors (Lipinski definition) is 0. The first-order valence-corrected chi connectivity index (χ1v) is 11.4. The molecule has 0 unspecified atom stereocenters. The summed E-state index contributed by atoms with van der Waals surface area (Å²) in [6, 6.07) is 40.1. The van der Waals surface area contributed by atoms with Crippen molar-refractivity contribution < 1.29 is 0 Å². The minimum Gasteiger partial charge on any atom is -0.135 e. The van der Waals surface area contributed by atoms with E-state index in [1.807, 2.05) is 11.3 Å². The predicted molar refractivity (Wildman–Crippen MR) is 137 cm³/mol. The molecular weight excluding hydrogens is 392 g/mol. The number of hydrogen-bond acceptors (Lipinski definition) is 1. The van der Waals surface area contributed by atoms with Crippen LogP contribution in [0.15, 0.2) is 109 Å². The van der Waals surface area contributed by atoms with Crippen molar-refractivity contribution in [3.05, 3.63) is 109 Å². The highest BCUT2D eigenvalue weighted by Gasteiger charge is 2.13. The molecule has 6 aromatic carbocycles. The number of thiophene rings is 1. The van der Waals surface area contributed by atoms with Gasteiger partial charge in [-0.2, -0.15) is 0 Å². The molecule has 31 heavy (non-hydrogen) atoms. The maximum Gasteiger partial charge on any atom is 0.0355 e. The molecule has 0 N–H and O–H groups in total. The molecule has 7 aromatic rings. The number of rotatable bonds is 1. The van der Waals surface area contributed by atoms with Crippen LogP contribution < -0.4 is 0 Å². The Morgan fingerprint density at radius 1 is 0.419 bits per heavy atom. The van der Waals surface area contributed by atoms with Crippen LogP contribution in [-0.2, 0) is 0 Å². The monoisotopic (exact) mass is 410 g/mol. The quantitative estimate of drug-likeness (QED) is 0.237. The van der Waals surface area contributed by atoms with Gasteiger partial charge in [0.05, 0.1) is 0 Å². The average Bonchev–Trinajstić information content (AvgIpc) is 3.21. The molecule has 0 spiro atoms. The van der Waals surface area contributed by atoms with Crippen molar-refractivity contribution in [1.29, 1.82) is 0 Å². The second kappa shape index (κ2) is 6.41. The minimum atomic E-state index is 1.28. The first kappa shape index (κ1) is 17.0. The second-order valence-corrected chi connectivity index (χ2v) is 9.25. The van der Waals surface area contributed by atoms with Gasteiger partial charge in [0.2, 0.25) is 0 Å². The van der Waals surface area contributed by atoms with Gasteiger partial charge >= 0.3 is 0 Å². The molecule has 0 amide bonds. The molecule has 0 aliphatic carbocycles. The van der Waals surface area contributed by atoms with Gasteiger partial charge in [-0.3, -0.25) is 0 Å². The van der Waals surface area contributed by atoms with Gasteiger partial charge in [0.15, 0.2) is 0 Å². The average molecular weight is 411 g/mol. The van der Waals surface area contributed by atoms with Gasteiger partial charge in [0.1, 0.15) is 0 Å². The fourth-order valence-electron chi connectivity index (χ4n) is 5.00. The summed E-state index contributed by atoms with van der Waals surface area (Å²) in [5.74, 6) is 0. The van der Waals surface area contributed by atoms with Gasteiger partial charge in [-0.15, -0.1) is 11.3 Å². The summed E-state index contributed by atoms with van der Waals surface area (Å²) in [7, 11) is 0. The molecule has 7 rings (SSSR count). The second-order valence-electron chi connectivity index (χ2n) is 8.16. The van der Waals surface area contributed by atoms with E-state index in [0.717, 1.165) is 0 Å². The highest BCUT2D eigenvalue weighted by Crippen LogP contribution is 2.41. The zero-order chi connectivity index (χ0) is 20.4. The van der Waals surface area contributed by atoms with Crippen molar-refractivity contribution in [1.82, 2.24) is 0 Å². The lowest BCUT2D eigenvalue weighted by atomic mass is 9.90. The normalized spacial score (nSPS) is 11.9. The van der Waals surface area contributed by atoms with Crippen LogP contribution >= 0.6 is 11.3 Å². The summed E-state index contributed by atoms with van der Waals surface area (Å²) in [5, 5.41) is 10.6. The Labute approximate surface area is 184 Å². The minimum absolute atomic E-state index is 1.28. The van der Waals surface area contributed by atoms with E-state index in [1.54, 1.807) is 0 Å². The summed E-state index contributed by atoms with van der Waals surface area (Å²) < 4.78 is 2.70. The van der Waals surface area contributed by atoms with E-state index in [2.05, 4.69) is 109 Å². The van der Waals surface area contributed by atoms with E-state index in [-0.39, 0.29) is 0 Å². The zero-order valence-electron chi connectivity index (χ0n) is 16.8. The first-order chi connectivity index (χ1) is 15.4. The van der Waals surface area contributed by atoms with Crippen molar-refractivity contribution in [3.63, 3.8) is 0 Å². The Morgan fingerprint density at radius 2 is 1.10 bits per heavy atom. The van der Waals surface area contributed by atoms with Gasteiger partial charge in [-0.05, 0) is 67.7 Å². The van der Waals surface area contributed by atoms with Gasteiger partial charge in [0, 0.05) is 20.2 Å². The van der Waals surface area contributed by atoms with Gasteiger partial charge in [-0.25, -0.2) is 0 Å². The summed E-state index contributed by atoms with van der Waals surface area (Å²) in [4.78, 5) is 0. The van der Waals surface area contributed by atoms with E-state index < -0.39 is 0 Å². The molecule has 0 aliphatic heterocycles. The molecule has 0 radical (unpaired) electrons. The van der Waals surface area contributed by atoms with Crippen LogP contribution in [0.3, 0.4) is 0 Å². The van der Waals surface area contributed by atoms with Crippen molar-refractivity contribution in [2.24, 2.45) is 0 Å². The van der Waals surface area contributed by atoms with Crippen LogP contribution in [-0.4, -0.2) is 0 Å². The molecule has 0 fully saturated rings. The van der Waals surface area contributed by atoms with Gasteiger partial charge in [-0.1, -0.05) is 84.9 Å². The largest absolute Gasteiger partial charge is 0.135 e. The van der Waals surface area contributed by atoms with Crippen LogP contribution in [0.4, 0.5) is 0 Å². The third-order valence-corrected chi connectivity index (χ3v) is 7.59. The number of benzene rings is 6. The van der Waals surface area contributed by atoms with Crippen molar-refractivity contribution in [2.75, 3.05) is 0 Å². The summed E-state index contributed by atoms with van der Waals surface area (Å²) in [5.41, 5.74) is 2.58. The third-order valence-electron chi connectivity index (χ3n) is 6.44. The standard InChI is InChI=1S/C30H18S/c1-3-9-22-19(7-1)13-15-25-26(17-20-8-2-4-10-23(20)30(22)25)21-14-16-29-27(18-21)24-11-5-6-12-28(24)31-29/h1-18H. The molecule has 1 aromatic heterocycles. The van der Waals surface area contributed by atoms with Crippen LogP contribution in [0.1, 0.15) is 0 Å².